The zero-order valence-electron chi connectivity index (χ0n) is 17.4. The van der Waals surface area contributed by atoms with Gasteiger partial charge in [-0.05, 0) is 58.2 Å². The smallest absolute Gasteiger partial charge is 0.407 e. The number of carbonyl (C=O) groups excluding carboxylic acids is 2. The van der Waals surface area contributed by atoms with Gasteiger partial charge in [-0.15, -0.1) is 11.6 Å². The second-order valence-corrected chi connectivity index (χ2v) is 8.11. The molecule has 0 unspecified atom stereocenters. The highest BCUT2D eigenvalue weighted by atomic mass is 35.5. The molecule has 152 valence electrons. The Morgan fingerprint density at radius 3 is 2.48 bits per heavy atom. The summed E-state index contributed by atoms with van der Waals surface area (Å²) in [6.45, 7) is 11.9. The van der Waals surface area contributed by atoms with Gasteiger partial charge in [-0.3, -0.25) is 4.79 Å². The van der Waals surface area contributed by atoms with Crippen LogP contribution in [0.25, 0.3) is 0 Å². The Morgan fingerprint density at radius 2 is 1.93 bits per heavy atom. The molecule has 0 heterocycles. The Kier molecular flexibility index (Phi) is 9.10. The summed E-state index contributed by atoms with van der Waals surface area (Å²) in [6.07, 6.45) is 2.23. The minimum Gasteiger partial charge on any atom is -0.444 e. The van der Waals surface area contributed by atoms with E-state index in [9.17, 15) is 9.59 Å². The lowest BCUT2D eigenvalue weighted by Crippen LogP contribution is -2.48. The van der Waals surface area contributed by atoms with E-state index in [1.54, 1.807) is 4.90 Å². The highest BCUT2D eigenvalue weighted by Crippen LogP contribution is 2.24. The number of nitrogens with one attached hydrogen (secondary N) is 1. The van der Waals surface area contributed by atoms with E-state index < -0.39 is 11.7 Å². The Bertz CT molecular complexity index is 641. The molecule has 0 bridgehead atoms. The lowest BCUT2D eigenvalue weighted by atomic mass is 10.1. The number of nitrogens with zero attached hydrogens (tertiary/aromatic N) is 1. The second kappa shape index (κ2) is 10.5. The first-order valence-electron chi connectivity index (χ1n) is 9.51. The van der Waals surface area contributed by atoms with Crippen molar-refractivity contribution in [1.29, 1.82) is 0 Å². The van der Waals surface area contributed by atoms with Crippen LogP contribution in [-0.2, 0) is 9.53 Å². The fraction of sp³-hybridized carbons (Fsp3) is 0.619. The Morgan fingerprint density at radius 1 is 1.26 bits per heavy atom. The van der Waals surface area contributed by atoms with E-state index in [1.807, 2.05) is 52.8 Å². The van der Waals surface area contributed by atoms with E-state index in [1.165, 1.54) is 0 Å². The third-order valence-electron chi connectivity index (χ3n) is 4.31. The molecule has 1 rings (SSSR count). The molecule has 0 saturated carbocycles. The van der Waals surface area contributed by atoms with E-state index in [4.69, 9.17) is 16.3 Å². The first kappa shape index (κ1) is 23.3. The van der Waals surface area contributed by atoms with Gasteiger partial charge in [0.05, 0.1) is 6.04 Å². The van der Waals surface area contributed by atoms with Crippen LogP contribution < -0.4 is 10.2 Å². The highest BCUT2D eigenvalue weighted by Gasteiger charge is 2.24. The molecular weight excluding hydrogens is 364 g/mol. The maximum Gasteiger partial charge on any atom is 0.407 e. The number of aryl methyl sites for hydroxylation is 1. The molecule has 0 spiro atoms. The number of hydrogen-bond donors (Lipinski definition) is 1. The minimum atomic E-state index is -0.571. The van der Waals surface area contributed by atoms with Crippen LogP contribution in [0.15, 0.2) is 18.2 Å². The van der Waals surface area contributed by atoms with Crippen LogP contribution in [0, 0.1) is 13.8 Å². The topological polar surface area (TPSA) is 58.6 Å². The fourth-order valence-corrected chi connectivity index (χ4v) is 2.93. The van der Waals surface area contributed by atoms with Crippen molar-refractivity contribution in [2.45, 2.75) is 72.4 Å². The number of alkyl carbamates (subject to hydrolysis) is 1. The van der Waals surface area contributed by atoms with Crippen molar-refractivity contribution in [2.24, 2.45) is 0 Å². The lowest BCUT2D eigenvalue weighted by Gasteiger charge is -2.30. The van der Waals surface area contributed by atoms with Gasteiger partial charge in [-0.25, -0.2) is 4.79 Å². The summed E-state index contributed by atoms with van der Waals surface area (Å²) in [4.78, 5) is 26.5. The van der Waals surface area contributed by atoms with Gasteiger partial charge in [0.2, 0.25) is 5.91 Å². The molecule has 1 atom stereocenters. The molecule has 0 fully saturated rings. The monoisotopic (exact) mass is 396 g/mol. The van der Waals surface area contributed by atoms with Crippen molar-refractivity contribution < 1.29 is 14.3 Å². The predicted molar refractivity (Wildman–Crippen MR) is 112 cm³/mol. The van der Waals surface area contributed by atoms with Gasteiger partial charge in [0.1, 0.15) is 11.5 Å². The number of unbranched alkanes of at least 4 members (excludes halogenated alkanes) is 1. The number of benzene rings is 1. The van der Waals surface area contributed by atoms with Gasteiger partial charge in [0.25, 0.3) is 0 Å². The Hall–Kier alpha value is -1.75. The molecule has 0 radical (unpaired) electrons. The zero-order chi connectivity index (χ0) is 20.6. The van der Waals surface area contributed by atoms with Crippen LogP contribution in [0.5, 0.6) is 0 Å². The molecule has 1 aromatic carbocycles. The lowest BCUT2D eigenvalue weighted by molar-refractivity contribution is -0.116. The normalized spacial score (nSPS) is 12.4. The van der Waals surface area contributed by atoms with Gasteiger partial charge in [0, 0.05) is 12.2 Å². The molecule has 6 heteroatoms. The van der Waals surface area contributed by atoms with Gasteiger partial charge in [0.15, 0.2) is 0 Å². The molecule has 0 aliphatic rings. The number of anilines is 1. The second-order valence-electron chi connectivity index (χ2n) is 7.84. The number of ether oxygens (including phenoxy) is 1. The van der Waals surface area contributed by atoms with E-state index >= 15 is 0 Å². The molecule has 0 aromatic heterocycles. The molecular formula is C21H33ClN2O3. The molecule has 0 aliphatic carbocycles. The largest absolute Gasteiger partial charge is 0.444 e. The van der Waals surface area contributed by atoms with Crippen molar-refractivity contribution >= 4 is 29.3 Å². The molecule has 2 amide bonds. The van der Waals surface area contributed by atoms with Crippen molar-refractivity contribution in [3.8, 4) is 0 Å². The standard InChI is InChI=1S/C21H33ClN2O3/c1-7-8-11-17(23-20(26)27-21(4,5)6)14-24(19(25)13-22)18-12-9-10-15(2)16(18)3/h9-10,12,17H,7-8,11,13-14H2,1-6H3,(H,23,26)/t17-/m0/s1. The highest BCUT2D eigenvalue weighted by molar-refractivity contribution is 6.29. The van der Waals surface area contributed by atoms with Gasteiger partial charge >= 0.3 is 6.09 Å². The van der Waals surface area contributed by atoms with Crippen LogP contribution >= 0.6 is 11.6 Å². The van der Waals surface area contributed by atoms with Gasteiger partial charge in [-0.1, -0.05) is 31.9 Å². The number of carbonyl (C=O) groups is 2. The van der Waals surface area contributed by atoms with Crippen molar-refractivity contribution in [3.05, 3.63) is 29.3 Å². The summed E-state index contributed by atoms with van der Waals surface area (Å²) in [5.74, 6) is -0.293. The number of hydrogen-bond acceptors (Lipinski definition) is 3. The van der Waals surface area contributed by atoms with E-state index in [-0.39, 0.29) is 17.8 Å². The fourth-order valence-electron chi connectivity index (χ4n) is 2.79. The summed E-state index contributed by atoms with van der Waals surface area (Å²) in [7, 11) is 0. The summed E-state index contributed by atoms with van der Waals surface area (Å²) in [6, 6.07) is 5.63. The van der Waals surface area contributed by atoms with E-state index in [0.29, 0.717) is 6.54 Å². The molecule has 0 aliphatic heterocycles. The maximum atomic E-state index is 12.5. The van der Waals surface area contributed by atoms with Crippen molar-refractivity contribution in [1.82, 2.24) is 5.32 Å². The van der Waals surface area contributed by atoms with Gasteiger partial charge in [-0.2, -0.15) is 0 Å². The van der Waals surface area contributed by atoms with Gasteiger partial charge < -0.3 is 15.0 Å². The maximum absolute atomic E-state index is 12.5. The average Bonchev–Trinajstić information content (AvgIpc) is 2.57. The van der Waals surface area contributed by atoms with E-state index in [0.717, 1.165) is 36.1 Å². The number of amides is 2. The molecule has 5 nitrogen and oxygen atoms in total. The molecule has 1 aromatic rings. The first-order valence-corrected chi connectivity index (χ1v) is 10.0. The van der Waals surface area contributed by atoms with Crippen LogP contribution in [-0.4, -0.2) is 36.1 Å². The third-order valence-corrected chi connectivity index (χ3v) is 4.54. The SMILES string of the molecule is CCCC[C@@H](CN(C(=O)CCl)c1cccc(C)c1C)NC(=O)OC(C)(C)C. The third kappa shape index (κ3) is 7.79. The summed E-state index contributed by atoms with van der Waals surface area (Å²) < 4.78 is 5.39. The van der Waals surface area contributed by atoms with Crippen molar-refractivity contribution in [2.75, 3.05) is 17.3 Å². The molecule has 1 N–H and O–H groups in total. The van der Waals surface area contributed by atoms with Crippen LogP contribution in [0.4, 0.5) is 10.5 Å². The van der Waals surface area contributed by atoms with Crippen LogP contribution in [0.2, 0.25) is 0 Å². The summed E-state index contributed by atoms with van der Waals surface area (Å²) >= 11 is 5.87. The zero-order valence-corrected chi connectivity index (χ0v) is 18.2. The molecule has 0 saturated heterocycles. The average molecular weight is 397 g/mol. The Labute approximate surface area is 168 Å². The van der Waals surface area contributed by atoms with E-state index in [2.05, 4.69) is 12.2 Å². The number of rotatable bonds is 8. The predicted octanol–water partition coefficient (Wildman–Crippen LogP) is 4.96. The minimum absolute atomic E-state index is 0.111. The first-order chi connectivity index (χ1) is 12.6. The van der Waals surface area contributed by atoms with Crippen molar-refractivity contribution in [3.63, 3.8) is 0 Å². The number of halogens is 1. The Balaban J connectivity index is 3.06. The number of alkyl halides is 1. The summed E-state index contributed by atoms with van der Waals surface area (Å²) in [5.41, 5.74) is 2.39. The molecule has 27 heavy (non-hydrogen) atoms. The van der Waals surface area contributed by atoms with Crippen LogP contribution in [0.3, 0.4) is 0 Å². The van der Waals surface area contributed by atoms with Crippen LogP contribution in [0.1, 0.15) is 58.1 Å². The summed E-state index contributed by atoms with van der Waals surface area (Å²) in [5, 5.41) is 2.92. The quantitative estimate of drug-likeness (QED) is 0.632.